The Kier molecular flexibility index (Phi) is 6.82. The summed E-state index contributed by atoms with van der Waals surface area (Å²) in [7, 11) is 0. The van der Waals surface area contributed by atoms with Gasteiger partial charge in [0.25, 0.3) is 0 Å². The van der Waals surface area contributed by atoms with Gasteiger partial charge in [-0.3, -0.25) is 4.79 Å². The normalized spacial score (nSPS) is 16.6. The number of amides is 1. The van der Waals surface area contributed by atoms with Gasteiger partial charge in [-0.05, 0) is 57.9 Å². The molecule has 3 N–H and O–H groups in total. The van der Waals surface area contributed by atoms with Crippen molar-refractivity contribution in [2.45, 2.75) is 52.7 Å². The third kappa shape index (κ3) is 5.21. The average molecular weight is 413 g/mol. The predicted octanol–water partition coefficient (Wildman–Crippen LogP) is 2.99. The maximum absolute atomic E-state index is 11.9. The van der Waals surface area contributed by atoms with E-state index in [2.05, 4.69) is 15.6 Å². The van der Waals surface area contributed by atoms with E-state index < -0.39 is 5.60 Å². The number of carbonyl (C=O) groups is 1. The van der Waals surface area contributed by atoms with Crippen molar-refractivity contribution in [3.63, 3.8) is 0 Å². The van der Waals surface area contributed by atoms with Gasteiger partial charge in [0.2, 0.25) is 5.91 Å². The Hall–Kier alpha value is -2.80. The molecule has 1 fully saturated rings. The van der Waals surface area contributed by atoms with Crippen LogP contribution in [-0.2, 0) is 16.9 Å². The zero-order valence-corrected chi connectivity index (χ0v) is 18.3. The predicted molar refractivity (Wildman–Crippen MR) is 119 cm³/mol. The molecule has 0 saturated carbocycles. The van der Waals surface area contributed by atoms with Gasteiger partial charge in [-0.15, -0.1) is 0 Å². The van der Waals surface area contributed by atoms with Crippen LogP contribution in [0.3, 0.4) is 0 Å². The monoisotopic (exact) mass is 412 g/mol. The molecule has 0 spiro atoms. The molecule has 1 aliphatic heterocycles. The maximum atomic E-state index is 11.9. The minimum atomic E-state index is -1.08. The van der Waals surface area contributed by atoms with E-state index in [4.69, 9.17) is 4.42 Å². The number of aliphatic imine (C=N–C) groups is 1. The Labute approximate surface area is 178 Å². The number of aryl methyl sites for hydroxylation is 2. The number of hydrogen-bond acceptors (Lipinski definition) is 4. The van der Waals surface area contributed by atoms with Gasteiger partial charge in [-0.2, -0.15) is 0 Å². The Morgan fingerprint density at radius 2 is 2.00 bits per heavy atom. The Balaban J connectivity index is 1.62. The van der Waals surface area contributed by atoms with Crippen LogP contribution >= 0.6 is 0 Å². The van der Waals surface area contributed by atoms with E-state index in [0.717, 1.165) is 41.3 Å². The summed E-state index contributed by atoms with van der Waals surface area (Å²) in [5.74, 6) is 2.32. The molecular weight excluding hydrogens is 380 g/mol. The number of aliphatic hydroxyl groups is 1. The number of anilines is 1. The minimum absolute atomic E-state index is 0.189. The van der Waals surface area contributed by atoms with Crippen LogP contribution in [0.25, 0.3) is 0 Å². The molecule has 30 heavy (non-hydrogen) atoms. The molecule has 162 valence electrons. The fraction of sp³-hybridized carbons (Fsp3) is 0.478. The van der Waals surface area contributed by atoms with Gasteiger partial charge in [-0.1, -0.05) is 12.1 Å². The van der Waals surface area contributed by atoms with E-state index in [1.807, 2.05) is 56.0 Å². The summed E-state index contributed by atoms with van der Waals surface area (Å²) in [5, 5.41) is 17.3. The number of guanidine groups is 1. The highest BCUT2D eigenvalue weighted by atomic mass is 16.3. The van der Waals surface area contributed by atoms with E-state index in [1.165, 1.54) is 0 Å². The molecule has 1 aliphatic rings. The van der Waals surface area contributed by atoms with Gasteiger partial charge in [0.05, 0.1) is 13.1 Å². The van der Waals surface area contributed by atoms with Crippen LogP contribution in [0.2, 0.25) is 0 Å². The summed E-state index contributed by atoms with van der Waals surface area (Å²) in [5.41, 5.74) is 1.69. The first kappa shape index (κ1) is 21.9. The van der Waals surface area contributed by atoms with Gasteiger partial charge in [0.1, 0.15) is 17.1 Å². The highest BCUT2D eigenvalue weighted by Crippen LogP contribution is 2.26. The van der Waals surface area contributed by atoms with Gasteiger partial charge >= 0.3 is 0 Å². The highest BCUT2D eigenvalue weighted by molar-refractivity contribution is 5.95. The van der Waals surface area contributed by atoms with E-state index in [1.54, 1.807) is 6.92 Å². The van der Waals surface area contributed by atoms with Crippen LogP contribution in [0.4, 0.5) is 5.69 Å². The lowest BCUT2D eigenvalue weighted by atomic mass is 9.96. The largest absolute Gasteiger partial charge is 0.466 e. The molecule has 1 aromatic carbocycles. The standard InChI is InChI=1S/C23H32N4O3/c1-5-24-22(26-15-23(4,29)20-13-16(2)30-17(20)3)25-14-18-8-10-19(11-9-18)27-12-6-7-21(27)28/h8-11,13,29H,5-7,12,14-15H2,1-4H3,(H2,24,25,26). The van der Waals surface area contributed by atoms with Gasteiger partial charge in [-0.25, -0.2) is 4.99 Å². The lowest BCUT2D eigenvalue weighted by molar-refractivity contribution is -0.117. The highest BCUT2D eigenvalue weighted by Gasteiger charge is 2.28. The Bertz CT molecular complexity index is 900. The molecule has 7 heteroatoms. The third-order valence-corrected chi connectivity index (χ3v) is 5.31. The second-order valence-electron chi connectivity index (χ2n) is 7.96. The average Bonchev–Trinajstić information content (AvgIpc) is 3.29. The van der Waals surface area contributed by atoms with Crippen molar-refractivity contribution in [3.8, 4) is 0 Å². The molecule has 2 heterocycles. The SMILES string of the molecule is CCNC(=NCc1ccc(N2CCCC2=O)cc1)NCC(C)(O)c1cc(C)oc1C. The molecule has 1 atom stereocenters. The van der Waals surface area contributed by atoms with Crippen LogP contribution in [0.15, 0.2) is 39.7 Å². The molecular formula is C23H32N4O3. The molecule has 3 rings (SSSR count). The van der Waals surface area contributed by atoms with E-state index in [0.29, 0.717) is 32.0 Å². The number of carbonyl (C=O) groups excluding carboxylic acids is 1. The number of benzene rings is 1. The molecule has 1 unspecified atom stereocenters. The van der Waals surface area contributed by atoms with Crippen LogP contribution in [0.1, 0.15) is 49.3 Å². The fourth-order valence-electron chi connectivity index (χ4n) is 3.73. The smallest absolute Gasteiger partial charge is 0.227 e. The van der Waals surface area contributed by atoms with Crippen molar-refractivity contribution < 1.29 is 14.3 Å². The van der Waals surface area contributed by atoms with Crippen molar-refractivity contribution in [1.82, 2.24) is 10.6 Å². The summed E-state index contributed by atoms with van der Waals surface area (Å²) in [6, 6.07) is 9.82. The number of nitrogens with zero attached hydrogens (tertiary/aromatic N) is 2. The summed E-state index contributed by atoms with van der Waals surface area (Å²) >= 11 is 0. The Morgan fingerprint density at radius 1 is 1.27 bits per heavy atom. The number of furan rings is 1. The second kappa shape index (κ2) is 9.34. The topological polar surface area (TPSA) is 90.1 Å². The first-order chi connectivity index (χ1) is 14.3. The van der Waals surface area contributed by atoms with Crippen molar-refractivity contribution in [2.75, 3.05) is 24.5 Å². The van der Waals surface area contributed by atoms with E-state index in [-0.39, 0.29) is 5.91 Å². The third-order valence-electron chi connectivity index (χ3n) is 5.31. The molecule has 1 amide bonds. The fourth-order valence-corrected chi connectivity index (χ4v) is 3.73. The van der Waals surface area contributed by atoms with Crippen molar-refractivity contribution >= 4 is 17.6 Å². The maximum Gasteiger partial charge on any atom is 0.227 e. The summed E-state index contributed by atoms with van der Waals surface area (Å²) in [6.07, 6.45) is 1.55. The molecule has 1 aromatic heterocycles. The summed E-state index contributed by atoms with van der Waals surface area (Å²) in [6.45, 7) is 9.80. The van der Waals surface area contributed by atoms with Crippen molar-refractivity contribution in [1.29, 1.82) is 0 Å². The van der Waals surface area contributed by atoms with Gasteiger partial charge < -0.3 is 25.1 Å². The second-order valence-corrected chi connectivity index (χ2v) is 7.96. The van der Waals surface area contributed by atoms with Gasteiger partial charge in [0, 0.05) is 30.8 Å². The Morgan fingerprint density at radius 3 is 2.57 bits per heavy atom. The molecule has 2 aromatic rings. The molecule has 0 aliphatic carbocycles. The lowest BCUT2D eigenvalue weighted by Gasteiger charge is -2.24. The lowest BCUT2D eigenvalue weighted by Crippen LogP contribution is -2.44. The van der Waals surface area contributed by atoms with Crippen LogP contribution in [0, 0.1) is 13.8 Å². The number of nitrogens with one attached hydrogen (secondary N) is 2. The van der Waals surface area contributed by atoms with E-state index >= 15 is 0 Å². The van der Waals surface area contributed by atoms with Gasteiger partial charge in [0.15, 0.2) is 5.96 Å². The first-order valence-corrected chi connectivity index (χ1v) is 10.5. The van der Waals surface area contributed by atoms with E-state index in [9.17, 15) is 9.90 Å². The first-order valence-electron chi connectivity index (χ1n) is 10.5. The van der Waals surface area contributed by atoms with Crippen LogP contribution in [0.5, 0.6) is 0 Å². The van der Waals surface area contributed by atoms with Crippen molar-refractivity contribution in [3.05, 3.63) is 53.0 Å². The summed E-state index contributed by atoms with van der Waals surface area (Å²) in [4.78, 5) is 18.3. The number of rotatable bonds is 7. The van der Waals surface area contributed by atoms with Crippen LogP contribution in [-0.4, -0.2) is 36.6 Å². The quantitative estimate of drug-likeness (QED) is 0.480. The minimum Gasteiger partial charge on any atom is -0.466 e. The zero-order chi connectivity index (χ0) is 21.7. The molecule has 0 bridgehead atoms. The zero-order valence-electron chi connectivity index (χ0n) is 18.3. The van der Waals surface area contributed by atoms with Crippen molar-refractivity contribution in [2.24, 2.45) is 4.99 Å². The number of hydrogen-bond donors (Lipinski definition) is 3. The molecule has 0 radical (unpaired) electrons. The molecule has 1 saturated heterocycles. The summed E-state index contributed by atoms with van der Waals surface area (Å²) < 4.78 is 5.56. The molecule has 7 nitrogen and oxygen atoms in total. The van der Waals surface area contributed by atoms with Crippen LogP contribution < -0.4 is 15.5 Å².